The van der Waals surface area contributed by atoms with Crippen LogP contribution in [0.4, 0.5) is 10.1 Å². The van der Waals surface area contributed by atoms with Crippen molar-refractivity contribution in [1.29, 1.82) is 0 Å². The van der Waals surface area contributed by atoms with Crippen molar-refractivity contribution in [2.45, 2.75) is 17.9 Å². The van der Waals surface area contributed by atoms with Gasteiger partial charge in [0, 0.05) is 12.1 Å². The maximum Gasteiger partial charge on any atom is 0.228 e. The van der Waals surface area contributed by atoms with Gasteiger partial charge in [0.2, 0.25) is 5.91 Å². The number of carbonyl (C=O) groups excluding carboxylic acids is 1. The number of rotatable bonds is 7. The zero-order chi connectivity index (χ0) is 20.0. The van der Waals surface area contributed by atoms with Crippen LogP contribution in [0.3, 0.4) is 0 Å². The number of benzene rings is 3. The van der Waals surface area contributed by atoms with E-state index in [-0.39, 0.29) is 23.0 Å². The summed E-state index contributed by atoms with van der Waals surface area (Å²) in [6.07, 6.45) is -0.165. The van der Waals surface area contributed by atoms with E-state index in [1.807, 2.05) is 60.7 Å². The molecule has 0 radical (unpaired) electrons. The van der Waals surface area contributed by atoms with E-state index in [0.717, 1.165) is 17.7 Å². The highest BCUT2D eigenvalue weighted by atomic mass is 32.2. The fourth-order valence-electron chi connectivity index (χ4n) is 2.81. The zero-order valence-electron chi connectivity index (χ0n) is 15.2. The SMILES string of the molecule is O=C(CCS(=O)(=O)c1ccc(F)cc1)N(Cc1ccccc1)c1ccccc1. The van der Waals surface area contributed by atoms with E-state index in [0.29, 0.717) is 12.2 Å². The molecule has 0 saturated heterocycles. The molecule has 1 amide bonds. The Hall–Kier alpha value is -2.99. The monoisotopic (exact) mass is 397 g/mol. The molecule has 0 aliphatic carbocycles. The Morgan fingerprint density at radius 2 is 1.39 bits per heavy atom. The minimum Gasteiger partial charge on any atom is -0.308 e. The summed E-state index contributed by atoms with van der Waals surface area (Å²) in [6, 6.07) is 23.3. The number of anilines is 1. The van der Waals surface area contributed by atoms with Gasteiger partial charge in [0.25, 0.3) is 0 Å². The molecule has 0 aliphatic heterocycles. The van der Waals surface area contributed by atoms with Gasteiger partial charge in [-0.25, -0.2) is 12.8 Å². The normalized spacial score (nSPS) is 11.2. The summed E-state index contributed by atoms with van der Waals surface area (Å²) in [4.78, 5) is 14.5. The lowest BCUT2D eigenvalue weighted by Gasteiger charge is -2.23. The van der Waals surface area contributed by atoms with Crippen molar-refractivity contribution in [2.75, 3.05) is 10.7 Å². The minimum absolute atomic E-state index is 0.0102. The average Bonchev–Trinajstić information content (AvgIpc) is 2.72. The van der Waals surface area contributed by atoms with Gasteiger partial charge in [0.15, 0.2) is 9.84 Å². The Morgan fingerprint density at radius 1 is 0.821 bits per heavy atom. The predicted octanol–water partition coefficient (Wildman–Crippen LogP) is 4.22. The summed E-state index contributed by atoms with van der Waals surface area (Å²) in [5, 5.41) is 0. The maximum atomic E-state index is 13.0. The minimum atomic E-state index is -3.67. The molecule has 3 rings (SSSR count). The first-order valence-corrected chi connectivity index (χ1v) is 10.5. The number of amides is 1. The molecule has 0 aliphatic rings. The van der Waals surface area contributed by atoms with E-state index in [1.54, 1.807) is 4.90 Å². The van der Waals surface area contributed by atoms with Gasteiger partial charge in [-0.1, -0.05) is 48.5 Å². The molecule has 3 aromatic carbocycles. The average molecular weight is 397 g/mol. The smallest absolute Gasteiger partial charge is 0.228 e. The highest BCUT2D eigenvalue weighted by molar-refractivity contribution is 7.91. The first-order chi connectivity index (χ1) is 13.5. The first kappa shape index (κ1) is 19.8. The van der Waals surface area contributed by atoms with Crippen LogP contribution in [-0.4, -0.2) is 20.1 Å². The van der Waals surface area contributed by atoms with Gasteiger partial charge in [-0.05, 0) is 42.0 Å². The highest BCUT2D eigenvalue weighted by Gasteiger charge is 2.21. The highest BCUT2D eigenvalue weighted by Crippen LogP contribution is 2.19. The molecule has 0 fully saturated rings. The first-order valence-electron chi connectivity index (χ1n) is 8.83. The van der Waals surface area contributed by atoms with Crippen LogP contribution in [0.25, 0.3) is 0 Å². The fourth-order valence-corrected chi connectivity index (χ4v) is 4.04. The van der Waals surface area contributed by atoms with Crippen LogP contribution < -0.4 is 4.90 Å². The van der Waals surface area contributed by atoms with Crippen LogP contribution >= 0.6 is 0 Å². The Balaban J connectivity index is 1.77. The van der Waals surface area contributed by atoms with Crippen molar-refractivity contribution in [3.05, 3.63) is 96.3 Å². The van der Waals surface area contributed by atoms with E-state index in [1.165, 1.54) is 12.1 Å². The number of hydrogen-bond donors (Lipinski definition) is 0. The molecule has 6 heteroatoms. The molecule has 0 bridgehead atoms. The van der Waals surface area contributed by atoms with Gasteiger partial charge in [-0.15, -0.1) is 0 Å². The molecule has 0 saturated carbocycles. The molecule has 144 valence electrons. The van der Waals surface area contributed by atoms with Gasteiger partial charge in [0.1, 0.15) is 5.82 Å². The van der Waals surface area contributed by atoms with Crippen LogP contribution in [0.1, 0.15) is 12.0 Å². The number of para-hydroxylation sites is 1. The third-order valence-electron chi connectivity index (χ3n) is 4.31. The van der Waals surface area contributed by atoms with E-state index in [2.05, 4.69) is 0 Å². The molecular formula is C22H20FNO3S. The van der Waals surface area contributed by atoms with Crippen LogP contribution in [0.15, 0.2) is 89.8 Å². The lowest BCUT2D eigenvalue weighted by atomic mass is 10.2. The number of nitrogens with zero attached hydrogens (tertiary/aromatic N) is 1. The molecule has 28 heavy (non-hydrogen) atoms. The number of hydrogen-bond acceptors (Lipinski definition) is 3. The second kappa shape index (κ2) is 8.80. The zero-order valence-corrected chi connectivity index (χ0v) is 16.0. The Morgan fingerprint density at radius 3 is 2.00 bits per heavy atom. The topological polar surface area (TPSA) is 54.5 Å². The lowest BCUT2D eigenvalue weighted by molar-refractivity contribution is -0.118. The quantitative estimate of drug-likeness (QED) is 0.561. The standard InChI is InChI=1S/C22H20FNO3S/c23-19-11-13-21(14-12-19)28(26,27)16-15-22(25)24(20-9-5-2-6-10-20)17-18-7-3-1-4-8-18/h1-14H,15-17H2. The van der Waals surface area contributed by atoms with Crippen molar-refractivity contribution < 1.29 is 17.6 Å². The van der Waals surface area contributed by atoms with Gasteiger partial charge in [-0.2, -0.15) is 0 Å². The van der Waals surface area contributed by atoms with E-state index >= 15 is 0 Å². The summed E-state index contributed by atoms with van der Waals surface area (Å²) in [5.41, 5.74) is 1.65. The third-order valence-corrected chi connectivity index (χ3v) is 6.04. The number of halogens is 1. The molecular weight excluding hydrogens is 377 g/mol. The van der Waals surface area contributed by atoms with Crippen LogP contribution in [0.2, 0.25) is 0 Å². The van der Waals surface area contributed by atoms with Gasteiger partial charge in [-0.3, -0.25) is 4.79 Å². The largest absolute Gasteiger partial charge is 0.308 e. The summed E-state index contributed by atoms with van der Waals surface area (Å²) in [5.74, 6) is -1.14. The van der Waals surface area contributed by atoms with E-state index in [4.69, 9.17) is 0 Å². The van der Waals surface area contributed by atoms with E-state index < -0.39 is 15.7 Å². The second-order valence-electron chi connectivity index (χ2n) is 6.32. The summed E-state index contributed by atoms with van der Waals surface area (Å²) in [6.45, 7) is 0.348. The molecule has 0 N–H and O–H groups in total. The van der Waals surface area contributed by atoms with Crippen molar-refractivity contribution in [2.24, 2.45) is 0 Å². The van der Waals surface area contributed by atoms with Crippen LogP contribution in [-0.2, 0) is 21.2 Å². The molecule has 0 atom stereocenters. The number of carbonyl (C=O) groups is 1. The Bertz CT molecular complexity index is 1020. The maximum absolute atomic E-state index is 13.0. The third kappa shape index (κ3) is 5.04. The number of sulfone groups is 1. The molecule has 0 unspecified atom stereocenters. The van der Waals surface area contributed by atoms with Crippen LogP contribution in [0, 0.1) is 5.82 Å². The van der Waals surface area contributed by atoms with Crippen molar-refractivity contribution in [3.8, 4) is 0 Å². The summed E-state index contributed by atoms with van der Waals surface area (Å²) < 4.78 is 38.0. The van der Waals surface area contributed by atoms with Crippen molar-refractivity contribution in [3.63, 3.8) is 0 Å². The second-order valence-corrected chi connectivity index (χ2v) is 8.43. The van der Waals surface area contributed by atoms with Crippen molar-refractivity contribution >= 4 is 21.4 Å². The predicted molar refractivity (Wildman–Crippen MR) is 107 cm³/mol. The van der Waals surface area contributed by atoms with Gasteiger partial charge >= 0.3 is 0 Å². The lowest BCUT2D eigenvalue weighted by Crippen LogP contribution is -2.31. The van der Waals surface area contributed by atoms with Gasteiger partial charge in [0.05, 0.1) is 17.2 Å². The summed E-state index contributed by atoms with van der Waals surface area (Å²) >= 11 is 0. The molecule has 0 spiro atoms. The van der Waals surface area contributed by atoms with Crippen LogP contribution in [0.5, 0.6) is 0 Å². The van der Waals surface area contributed by atoms with Gasteiger partial charge < -0.3 is 4.90 Å². The summed E-state index contributed by atoms with van der Waals surface area (Å²) in [7, 11) is -3.67. The van der Waals surface area contributed by atoms with Crippen molar-refractivity contribution in [1.82, 2.24) is 0 Å². The molecule has 4 nitrogen and oxygen atoms in total. The Labute approximate surface area is 164 Å². The molecule has 3 aromatic rings. The van der Waals surface area contributed by atoms with E-state index in [9.17, 15) is 17.6 Å². The molecule has 0 aromatic heterocycles. The fraction of sp³-hybridized carbons (Fsp3) is 0.136. The Kier molecular flexibility index (Phi) is 6.21. The molecule has 0 heterocycles.